The van der Waals surface area contributed by atoms with Crippen LogP contribution in [0.1, 0.15) is 18.4 Å². The number of nitrogens with zero attached hydrogens (tertiary/aromatic N) is 1. The summed E-state index contributed by atoms with van der Waals surface area (Å²) >= 11 is 5.88. The number of carbonyl (C=O) groups is 1. The molecule has 1 aromatic rings. The molecule has 1 aliphatic heterocycles. The first kappa shape index (κ1) is 15.3. The van der Waals surface area contributed by atoms with Crippen molar-refractivity contribution in [1.82, 2.24) is 4.31 Å². The lowest BCUT2D eigenvalue weighted by Crippen LogP contribution is -2.44. The van der Waals surface area contributed by atoms with Crippen LogP contribution < -0.4 is 5.73 Å². The minimum Gasteiger partial charge on any atom is -0.369 e. The van der Waals surface area contributed by atoms with E-state index in [1.165, 1.54) is 10.4 Å². The van der Waals surface area contributed by atoms with Gasteiger partial charge in [0, 0.05) is 18.1 Å². The van der Waals surface area contributed by atoms with Crippen LogP contribution in [0, 0.1) is 12.8 Å². The average Bonchev–Trinajstić information content (AvgIpc) is 2.41. The largest absolute Gasteiger partial charge is 0.369 e. The molecule has 1 unspecified atom stereocenters. The number of piperidine rings is 1. The summed E-state index contributed by atoms with van der Waals surface area (Å²) in [6.45, 7) is 2.26. The van der Waals surface area contributed by atoms with Crippen LogP contribution in [-0.2, 0) is 14.8 Å². The molecule has 7 heteroatoms. The van der Waals surface area contributed by atoms with E-state index in [4.69, 9.17) is 17.3 Å². The van der Waals surface area contributed by atoms with Gasteiger partial charge in [-0.3, -0.25) is 4.79 Å². The number of sulfonamides is 1. The Morgan fingerprint density at radius 3 is 2.80 bits per heavy atom. The maximum atomic E-state index is 12.6. The van der Waals surface area contributed by atoms with Crippen molar-refractivity contribution >= 4 is 27.5 Å². The monoisotopic (exact) mass is 316 g/mol. The Morgan fingerprint density at radius 1 is 1.45 bits per heavy atom. The number of aryl methyl sites for hydroxylation is 1. The third kappa shape index (κ3) is 2.97. The average molecular weight is 317 g/mol. The number of amides is 1. The number of halogens is 1. The van der Waals surface area contributed by atoms with E-state index in [-0.39, 0.29) is 11.4 Å². The molecule has 0 aromatic heterocycles. The molecule has 1 aliphatic rings. The number of rotatable bonds is 3. The van der Waals surface area contributed by atoms with E-state index < -0.39 is 21.8 Å². The minimum absolute atomic E-state index is 0.142. The highest BCUT2D eigenvalue weighted by Gasteiger charge is 2.33. The van der Waals surface area contributed by atoms with Crippen LogP contribution in [0.5, 0.6) is 0 Å². The van der Waals surface area contributed by atoms with Gasteiger partial charge in [0.2, 0.25) is 15.9 Å². The van der Waals surface area contributed by atoms with E-state index in [0.29, 0.717) is 30.0 Å². The van der Waals surface area contributed by atoms with Crippen LogP contribution >= 0.6 is 11.6 Å². The molecule has 0 bridgehead atoms. The lowest BCUT2D eigenvalue weighted by molar-refractivity contribution is -0.122. The van der Waals surface area contributed by atoms with Crippen LogP contribution in [0.15, 0.2) is 23.1 Å². The number of primary amides is 1. The molecule has 0 aliphatic carbocycles. The second-order valence-electron chi connectivity index (χ2n) is 5.01. The Morgan fingerprint density at radius 2 is 2.15 bits per heavy atom. The van der Waals surface area contributed by atoms with Gasteiger partial charge in [0.15, 0.2) is 0 Å². The fourth-order valence-electron chi connectivity index (χ4n) is 2.38. The molecule has 0 saturated carbocycles. The van der Waals surface area contributed by atoms with Crippen LogP contribution in [0.25, 0.3) is 0 Å². The smallest absolute Gasteiger partial charge is 0.243 e. The highest BCUT2D eigenvalue weighted by molar-refractivity contribution is 7.89. The summed E-state index contributed by atoms with van der Waals surface area (Å²) in [6.07, 6.45) is 1.27. The molecule has 2 N–H and O–H groups in total. The van der Waals surface area contributed by atoms with Gasteiger partial charge in [-0.05, 0) is 37.5 Å². The number of hydrogen-bond donors (Lipinski definition) is 1. The third-order valence-electron chi connectivity index (χ3n) is 3.55. The quantitative estimate of drug-likeness (QED) is 0.918. The summed E-state index contributed by atoms with van der Waals surface area (Å²) in [7, 11) is -3.64. The van der Waals surface area contributed by atoms with Crippen LogP contribution in [0.3, 0.4) is 0 Å². The van der Waals surface area contributed by atoms with Crippen molar-refractivity contribution in [3.63, 3.8) is 0 Å². The molecule has 20 heavy (non-hydrogen) atoms. The first-order chi connectivity index (χ1) is 9.32. The van der Waals surface area contributed by atoms with Crippen molar-refractivity contribution < 1.29 is 13.2 Å². The fraction of sp³-hybridized carbons (Fsp3) is 0.462. The molecule has 0 radical (unpaired) electrons. The Balaban J connectivity index is 2.35. The number of nitrogens with two attached hydrogens (primary N) is 1. The Bertz CT molecular complexity index is 631. The minimum atomic E-state index is -3.64. The predicted molar refractivity (Wildman–Crippen MR) is 76.9 cm³/mol. The lowest BCUT2D eigenvalue weighted by atomic mass is 9.99. The molecule has 1 fully saturated rings. The Labute approximate surface area is 123 Å². The van der Waals surface area contributed by atoms with Crippen molar-refractivity contribution in [3.05, 3.63) is 28.8 Å². The predicted octanol–water partition coefficient (Wildman–Crippen LogP) is 1.53. The van der Waals surface area contributed by atoms with Crippen molar-refractivity contribution in [2.75, 3.05) is 13.1 Å². The number of benzene rings is 1. The van der Waals surface area contributed by atoms with Gasteiger partial charge in [-0.2, -0.15) is 4.31 Å². The molecule has 2 rings (SSSR count). The second kappa shape index (κ2) is 5.71. The molecule has 110 valence electrons. The first-order valence-electron chi connectivity index (χ1n) is 6.38. The maximum Gasteiger partial charge on any atom is 0.243 e. The van der Waals surface area contributed by atoms with Gasteiger partial charge >= 0.3 is 0 Å². The molecule has 1 amide bonds. The molecule has 5 nitrogen and oxygen atoms in total. The summed E-state index contributed by atoms with van der Waals surface area (Å²) in [5, 5.41) is 0.373. The summed E-state index contributed by atoms with van der Waals surface area (Å²) in [4.78, 5) is 11.5. The highest BCUT2D eigenvalue weighted by Crippen LogP contribution is 2.27. The second-order valence-corrected chi connectivity index (χ2v) is 7.36. The van der Waals surface area contributed by atoms with Gasteiger partial charge in [-0.1, -0.05) is 17.7 Å². The summed E-state index contributed by atoms with van der Waals surface area (Å²) < 4.78 is 26.6. The molecule has 1 heterocycles. The highest BCUT2D eigenvalue weighted by atomic mass is 35.5. The first-order valence-corrected chi connectivity index (χ1v) is 8.20. The standard InChI is InChI=1S/C13H17ClN2O3S/c1-9-4-5-11(14)7-12(9)20(18,19)16-6-2-3-10(8-16)13(15)17/h4-5,7,10H,2-3,6,8H2,1H3,(H2,15,17). The number of hydrogen-bond acceptors (Lipinski definition) is 3. The van der Waals surface area contributed by atoms with Crippen molar-refractivity contribution in [1.29, 1.82) is 0 Å². The van der Waals surface area contributed by atoms with Crippen molar-refractivity contribution in [3.8, 4) is 0 Å². The molecule has 1 saturated heterocycles. The van der Waals surface area contributed by atoms with E-state index in [1.807, 2.05) is 0 Å². The van der Waals surface area contributed by atoms with Gasteiger partial charge < -0.3 is 5.73 Å². The summed E-state index contributed by atoms with van der Waals surface area (Å²) in [6, 6.07) is 4.77. The van der Waals surface area contributed by atoms with E-state index in [1.54, 1.807) is 19.1 Å². The van der Waals surface area contributed by atoms with Crippen LogP contribution in [-0.4, -0.2) is 31.7 Å². The third-order valence-corrected chi connectivity index (χ3v) is 5.80. The zero-order chi connectivity index (χ0) is 14.9. The van der Waals surface area contributed by atoms with E-state index in [2.05, 4.69) is 0 Å². The van der Waals surface area contributed by atoms with Gasteiger partial charge in [0.25, 0.3) is 0 Å². The number of carbonyl (C=O) groups excluding carboxylic acids is 1. The molecular weight excluding hydrogens is 300 g/mol. The SMILES string of the molecule is Cc1ccc(Cl)cc1S(=O)(=O)N1CCCC(C(N)=O)C1. The molecule has 1 aromatic carbocycles. The van der Waals surface area contributed by atoms with E-state index in [0.717, 1.165) is 0 Å². The Hall–Kier alpha value is -1.11. The summed E-state index contributed by atoms with van der Waals surface area (Å²) in [5.74, 6) is -0.870. The molecule has 1 atom stereocenters. The molecule has 0 spiro atoms. The van der Waals surface area contributed by atoms with Gasteiger partial charge in [0.05, 0.1) is 10.8 Å². The van der Waals surface area contributed by atoms with Crippen LogP contribution in [0.4, 0.5) is 0 Å². The van der Waals surface area contributed by atoms with E-state index >= 15 is 0 Å². The van der Waals surface area contributed by atoms with E-state index in [9.17, 15) is 13.2 Å². The topological polar surface area (TPSA) is 80.5 Å². The van der Waals surface area contributed by atoms with Crippen molar-refractivity contribution in [2.45, 2.75) is 24.7 Å². The summed E-state index contributed by atoms with van der Waals surface area (Å²) in [5.41, 5.74) is 5.92. The van der Waals surface area contributed by atoms with Gasteiger partial charge in [-0.25, -0.2) is 8.42 Å². The lowest BCUT2D eigenvalue weighted by Gasteiger charge is -2.30. The van der Waals surface area contributed by atoms with Crippen molar-refractivity contribution in [2.24, 2.45) is 11.7 Å². The molecular formula is C13H17ClN2O3S. The fourth-order valence-corrected chi connectivity index (χ4v) is 4.40. The zero-order valence-electron chi connectivity index (χ0n) is 11.2. The normalized spacial score (nSPS) is 20.8. The Kier molecular flexibility index (Phi) is 4.36. The maximum absolute atomic E-state index is 12.6. The van der Waals surface area contributed by atoms with Crippen LogP contribution in [0.2, 0.25) is 5.02 Å². The van der Waals surface area contributed by atoms with Gasteiger partial charge in [-0.15, -0.1) is 0 Å². The van der Waals surface area contributed by atoms with Gasteiger partial charge in [0.1, 0.15) is 0 Å². The zero-order valence-corrected chi connectivity index (χ0v) is 12.7.